The van der Waals surface area contributed by atoms with Gasteiger partial charge in [0.05, 0.1) is 0 Å². The predicted molar refractivity (Wildman–Crippen MR) is 34.6 cm³/mol. The van der Waals surface area contributed by atoms with Crippen molar-refractivity contribution in [1.29, 1.82) is 0 Å². The molecule has 3 N–H and O–H groups in total. The van der Waals surface area contributed by atoms with E-state index < -0.39 is 0 Å². The van der Waals surface area contributed by atoms with E-state index >= 15 is 0 Å². The van der Waals surface area contributed by atoms with Crippen molar-refractivity contribution in [1.82, 2.24) is 0 Å². The average molecular weight is 126 g/mol. The standard InChI is InChI=1S/C7H11NO/c1-3-6-4-7(6,8)5(2)9/h3,6H,1,4,8H2,2H3/p+1/t6-,7+/m1/s1. The summed E-state index contributed by atoms with van der Waals surface area (Å²) < 4.78 is 0. The van der Waals surface area contributed by atoms with Gasteiger partial charge in [0, 0.05) is 19.3 Å². The van der Waals surface area contributed by atoms with Crippen LogP contribution in [0.4, 0.5) is 0 Å². The van der Waals surface area contributed by atoms with E-state index in [-0.39, 0.29) is 11.3 Å². The summed E-state index contributed by atoms with van der Waals surface area (Å²) in [7, 11) is 0. The normalized spacial score (nSPS) is 40.0. The van der Waals surface area contributed by atoms with E-state index in [1.165, 1.54) is 0 Å². The third-order valence-corrected chi connectivity index (χ3v) is 2.12. The van der Waals surface area contributed by atoms with Crippen LogP contribution in [0.1, 0.15) is 13.3 Å². The van der Waals surface area contributed by atoms with Crippen molar-refractivity contribution in [3.8, 4) is 0 Å². The molecule has 0 spiro atoms. The summed E-state index contributed by atoms with van der Waals surface area (Å²) in [5, 5.41) is 0. The van der Waals surface area contributed by atoms with Crippen molar-refractivity contribution in [2.75, 3.05) is 0 Å². The maximum Gasteiger partial charge on any atom is 0.190 e. The molecule has 0 aromatic rings. The molecule has 1 saturated carbocycles. The molecule has 0 heterocycles. The van der Waals surface area contributed by atoms with Crippen molar-refractivity contribution in [3.05, 3.63) is 12.7 Å². The number of rotatable bonds is 2. The van der Waals surface area contributed by atoms with Crippen LogP contribution in [0.25, 0.3) is 0 Å². The first-order valence-electron chi connectivity index (χ1n) is 3.10. The summed E-state index contributed by atoms with van der Waals surface area (Å²) in [6, 6.07) is 0. The summed E-state index contributed by atoms with van der Waals surface area (Å²) >= 11 is 0. The van der Waals surface area contributed by atoms with E-state index in [1.807, 2.05) is 6.08 Å². The van der Waals surface area contributed by atoms with Crippen LogP contribution < -0.4 is 5.73 Å². The molecule has 2 heteroatoms. The zero-order valence-electron chi connectivity index (χ0n) is 5.68. The Balaban J connectivity index is 2.62. The predicted octanol–water partition coefficient (Wildman–Crippen LogP) is -0.238. The molecule has 0 bridgehead atoms. The van der Waals surface area contributed by atoms with Crippen molar-refractivity contribution >= 4 is 5.78 Å². The average Bonchev–Trinajstić information content (AvgIpc) is 2.44. The second-order valence-corrected chi connectivity index (χ2v) is 2.76. The summed E-state index contributed by atoms with van der Waals surface area (Å²) in [6.07, 6.45) is 2.71. The highest BCUT2D eigenvalue weighted by molar-refractivity contribution is 5.88. The van der Waals surface area contributed by atoms with Crippen LogP contribution in [0.3, 0.4) is 0 Å². The Kier molecular flexibility index (Phi) is 1.21. The number of hydrogen-bond acceptors (Lipinski definition) is 1. The van der Waals surface area contributed by atoms with Gasteiger partial charge in [-0.15, -0.1) is 6.58 Å². The molecule has 2 atom stereocenters. The van der Waals surface area contributed by atoms with Gasteiger partial charge in [-0.05, 0) is 0 Å². The lowest BCUT2D eigenvalue weighted by atomic mass is 10.1. The lowest BCUT2D eigenvalue weighted by Crippen LogP contribution is -2.68. The molecular formula is C7H12NO+. The summed E-state index contributed by atoms with van der Waals surface area (Å²) in [5.41, 5.74) is 3.52. The molecule has 9 heavy (non-hydrogen) atoms. The van der Waals surface area contributed by atoms with Gasteiger partial charge in [0.2, 0.25) is 0 Å². The zero-order chi connectivity index (χ0) is 7.07. The molecule has 0 amide bonds. The second-order valence-electron chi connectivity index (χ2n) is 2.76. The Bertz CT molecular complexity index is 164. The molecule has 0 aromatic carbocycles. The van der Waals surface area contributed by atoms with Gasteiger partial charge >= 0.3 is 0 Å². The fourth-order valence-electron chi connectivity index (χ4n) is 1.05. The molecule has 1 fully saturated rings. The lowest BCUT2D eigenvalue weighted by Gasteiger charge is -1.97. The molecule has 0 radical (unpaired) electrons. The van der Waals surface area contributed by atoms with E-state index in [9.17, 15) is 4.79 Å². The highest BCUT2D eigenvalue weighted by Gasteiger charge is 2.57. The molecule has 1 aliphatic carbocycles. The van der Waals surface area contributed by atoms with Crippen molar-refractivity contribution in [2.24, 2.45) is 5.92 Å². The van der Waals surface area contributed by atoms with Gasteiger partial charge < -0.3 is 5.73 Å². The van der Waals surface area contributed by atoms with Crippen LogP contribution in [0.5, 0.6) is 0 Å². The van der Waals surface area contributed by atoms with Crippen LogP contribution in [-0.4, -0.2) is 11.3 Å². The highest BCUT2D eigenvalue weighted by atomic mass is 16.1. The molecule has 1 rings (SSSR count). The fraction of sp³-hybridized carbons (Fsp3) is 0.571. The van der Waals surface area contributed by atoms with Crippen molar-refractivity contribution in [3.63, 3.8) is 0 Å². The largest absolute Gasteiger partial charge is 0.346 e. The highest BCUT2D eigenvalue weighted by Crippen LogP contribution is 2.40. The van der Waals surface area contributed by atoms with E-state index in [1.54, 1.807) is 6.92 Å². The third-order valence-electron chi connectivity index (χ3n) is 2.12. The van der Waals surface area contributed by atoms with E-state index in [0.717, 1.165) is 6.42 Å². The monoisotopic (exact) mass is 126 g/mol. The lowest BCUT2D eigenvalue weighted by molar-refractivity contribution is -0.423. The SMILES string of the molecule is C=C[C@@H]1C[C@]1([NH3+])C(C)=O. The minimum Gasteiger partial charge on any atom is -0.346 e. The molecule has 0 aliphatic heterocycles. The van der Waals surface area contributed by atoms with Crippen LogP contribution >= 0.6 is 0 Å². The zero-order valence-corrected chi connectivity index (χ0v) is 5.68. The molecule has 0 aromatic heterocycles. The Morgan fingerprint density at radius 1 is 2.00 bits per heavy atom. The topological polar surface area (TPSA) is 44.7 Å². The van der Waals surface area contributed by atoms with Crippen LogP contribution in [0.15, 0.2) is 12.7 Å². The summed E-state index contributed by atoms with van der Waals surface area (Å²) in [5.74, 6) is 0.530. The molecular weight excluding hydrogens is 114 g/mol. The maximum atomic E-state index is 10.8. The second kappa shape index (κ2) is 1.67. The van der Waals surface area contributed by atoms with Gasteiger partial charge in [-0.2, -0.15) is 0 Å². The first-order valence-corrected chi connectivity index (χ1v) is 3.10. The number of carbonyl (C=O) groups is 1. The molecule has 1 aliphatic rings. The van der Waals surface area contributed by atoms with Crippen LogP contribution in [0, 0.1) is 5.92 Å². The molecule has 50 valence electrons. The Labute approximate surface area is 54.7 Å². The van der Waals surface area contributed by atoms with Gasteiger partial charge in [0.15, 0.2) is 11.3 Å². The van der Waals surface area contributed by atoms with Crippen molar-refractivity contribution < 1.29 is 10.5 Å². The molecule has 0 saturated heterocycles. The maximum absolute atomic E-state index is 10.8. The summed E-state index contributed by atoms with van der Waals surface area (Å²) in [4.78, 5) is 10.8. The molecule has 2 nitrogen and oxygen atoms in total. The number of carbonyl (C=O) groups excluding carboxylic acids is 1. The summed E-state index contributed by atoms with van der Waals surface area (Å²) in [6.45, 7) is 5.20. The Hall–Kier alpha value is -0.630. The van der Waals surface area contributed by atoms with E-state index in [0.29, 0.717) is 5.92 Å². The van der Waals surface area contributed by atoms with Gasteiger partial charge in [0.1, 0.15) is 0 Å². The minimum atomic E-state index is -0.290. The van der Waals surface area contributed by atoms with Crippen LogP contribution in [0.2, 0.25) is 0 Å². The number of quaternary nitrogens is 1. The first-order chi connectivity index (χ1) is 4.11. The van der Waals surface area contributed by atoms with Gasteiger partial charge in [0.25, 0.3) is 0 Å². The minimum absolute atomic E-state index is 0.187. The number of ketones is 1. The first kappa shape index (κ1) is 6.49. The van der Waals surface area contributed by atoms with Crippen LogP contribution in [-0.2, 0) is 4.79 Å². The van der Waals surface area contributed by atoms with Gasteiger partial charge in [-0.1, -0.05) is 6.08 Å². The van der Waals surface area contributed by atoms with Gasteiger partial charge in [-0.3, -0.25) is 4.79 Å². The number of hydrogen-bond donors (Lipinski definition) is 1. The fourth-order valence-corrected chi connectivity index (χ4v) is 1.05. The van der Waals surface area contributed by atoms with Gasteiger partial charge in [-0.25, -0.2) is 0 Å². The van der Waals surface area contributed by atoms with Crippen molar-refractivity contribution in [2.45, 2.75) is 18.9 Å². The molecule has 0 unspecified atom stereocenters. The van der Waals surface area contributed by atoms with E-state index in [4.69, 9.17) is 0 Å². The smallest absolute Gasteiger partial charge is 0.190 e. The Morgan fingerprint density at radius 3 is 2.67 bits per heavy atom. The Morgan fingerprint density at radius 2 is 2.56 bits per heavy atom. The third kappa shape index (κ3) is 0.793. The quantitative estimate of drug-likeness (QED) is 0.510. The number of Topliss-reactive ketones (excluding diaryl/α,β-unsaturated/α-hetero) is 1. The van der Waals surface area contributed by atoms with E-state index in [2.05, 4.69) is 12.3 Å².